The highest BCUT2D eigenvalue weighted by molar-refractivity contribution is 5.79. The van der Waals surface area contributed by atoms with E-state index in [0.29, 0.717) is 13.0 Å². The van der Waals surface area contributed by atoms with Gasteiger partial charge in [0, 0.05) is 13.1 Å². The Bertz CT molecular complexity index is 364. The monoisotopic (exact) mass is 267 g/mol. The van der Waals surface area contributed by atoms with Crippen LogP contribution in [0.4, 0.5) is 0 Å². The van der Waals surface area contributed by atoms with E-state index >= 15 is 0 Å². The van der Waals surface area contributed by atoms with E-state index in [1.807, 2.05) is 25.7 Å². The average molecular weight is 267 g/mol. The van der Waals surface area contributed by atoms with Crippen LogP contribution in [-0.4, -0.2) is 47.2 Å². The van der Waals surface area contributed by atoms with Crippen LogP contribution >= 0.6 is 0 Å². The van der Waals surface area contributed by atoms with Gasteiger partial charge in [-0.25, -0.2) is 0 Å². The summed E-state index contributed by atoms with van der Waals surface area (Å²) < 4.78 is 0. The zero-order valence-electron chi connectivity index (χ0n) is 12.3. The first kappa shape index (κ1) is 15.9. The van der Waals surface area contributed by atoms with Crippen LogP contribution in [0.1, 0.15) is 34.1 Å². The standard InChI is InChI=1S/C14H25N3O2/c1-10(2)14(4,9-15)16-13(19)8-17-6-5-12(18)11(3)7-17/h10-12,18H,5-8H2,1-4H3,(H,16,19). The van der Waals surface area contributed by atoms with Gasteiger partial charge < -0.3 is 10.4 Å². The Hall–Kier alpha value is -1.12. The topological polar surface area (TPSA) is 76.4 Å². The van der Waals surface area contributed by atoms with Crippen molar-refractivity contribution in [3.63, 3.8) is 0 Å². The second-order valence-corrected chi connectivity index (χ2v) is 6.09. The van der Waals surface area contributed by atoms with Crippen LogP contribution in [0.2, 0.25) is 0 Å². The lowest BCUT2D eigenvalue weighted by Crippen LogP contribution is -2.53. The van der Waals surface area contributed by atoms with Crippen molar-refractivity contribution in [1.82, 2.24) is 10.2 Å². The number of carbonyl (C=O) groups excluding carboxylic acids is 1. The molecular formula is C14H25N3O2. The van der Waals surface area contributed by atoms with Crippen molar-refractivity contribution in [3.05, 3.63) is 0 Å². The predicted molar refractivity (Wildman–Crippen MR) is 73.2 cm³/mol. The van der Waals surface area contributed by atoms with E-state index < -0.39 is 5.54 Å². The predicted octanol–water partition coefficient (Wildman–Crippen LogP) is 0.744. The number of hydrogen-bond acceptors (Lipinski definition) is 4. The first-order chi connectivity index (χ1) is 8.78. The minimum Gasteiger partial charge on any atom is -0.393 e. The van der Waals surface area contributed by atoms with Crippen LogP contribution in [-0.2, 0) is 4.79 Å². The number of nitriles is 1. The van der Waals surface area contributed by atoms with Gasteiger partial charge in [-0.1, -0.05) is 20.8 Å². The molecular weight excluding hydrogens is 242 g/mol. The van der Waals surface area contributed by atoms with E-state index in [4.69, 9.17) is 0 Å². The summed E-state index contributed by atoms with van der Waals surface area (Å²) in [6.45, 7) is 9.32. The molecule has 0 aromatic rings. The fourth-order valence-corrected chi connectivity index (χ4v) is 2.20. The molecule has 1 amide bonds. The summed E-state index contributed by atoms with van der Waals surface area (Å²) in [5.74, 6) is 0.124. The number of hydrogen-bond donors (Lipinski definition) is 2. The van der Waals surface area contributed by atoms with E-state index in [0.717, 1.165) is 13.1 Å². The lowest BCUT2D eigenvalue weighted by Gasteiger charge is -2.35. The van der Waals surface area contributed by atoms with Gasteiger partial charge in [-0.3, -0.25) is 9.69 Å². The molecule has 1 aliphatic heterocycles. The molecule has 0 radical (unpaired) electrons. The van der Waals surface area contributed by atoms with Gasteiger partial charge in [0.1, 0.15) is 5.54 Å². The quantitative estimate of drug-likeness (QED) is 0.788. The summed E-state index contributed by atoms with van der Waals surface area (Å²) in [7, 11) is 0. The van der Waals surface area contributed by atoms with E-state index in [9.17, 15) is 15.2 Å². The third-order valence-electron chi connectivity index (χ3n) is 4.10. The first-order valence-electron chi connectivity index (χ1n) is 6.91. The van der Waals surface area contributed by atoms with Crippen molar-refractivity contribution < 1.29 is 9.90 Å². The number of piperidine rings is 1. The maximum absolute atomic E-state index is 12.0. The van der Waals surface area contributed by atoms with Gasteiger partial charge in [0.2, 0.25) is 5.91 Å². The normalized spacial score (nSPS) is 27.6. The molecule has 1 fully saturated rings. The van der Waals surface area contributed by atoms with Crippen LogP contribution in [0.25, 0.3) is 0 Å². The Morgan fingerprint density at radius 3 is 2.74 bits per heavy atom. The van der Waals surface area contributed by atoms with Gasteiger partial charge in [0.05, 0.1) is 18.7 Å². The summed E-state index contributed by atoms with van der Waals surface area (Å²) in [5.41, 5.74) is -0.821. The number of aliphatic hydroxyl groups is 1. The van der Waals surface area contributed by atoms with Gasteiger partial charge in [0.15, 0.2) is 0 Å². The van der Waals surface area contributed by atoms with Crippen molar-refractivity contribution in [1.29, 1.82) is 5.26 Å². The average Bonchev–Trinajstić information content (AvgIpc) is 2.33. The molecule has 2 N–H and O–H groups in total. The summed E-state index contributed by atoms with van der Waals surface area (Å²) >= 11 is 0. The van der Waals surface area contributed by atoms with E-state index in [-0.39, 0.29) is 23.8 Å². The summed E-state index contributed by atoms with van der Waals surface area (Å²) in [6.07, 6.45) is 0.438. The maximum Gasteiger partial charge on any atom is 0.235 e. The number of amides is 1. The highest BCUT2D eigenvalue weighted by atomic mass is 16.3. The largest absolute Gasteiger partial charge is 0.393 e. The summed E-state index contributed by atoms with van der Waals surface area (Å²) in [6, 6.07) is 2.17. The number of aliphatic hydroxyl groups excluding tert-OH is 1. The zero-order valence-corrected chi connectivity index (χ0v) is 12.3. The van der Waals surface area contributed by atoms with E-state index in [1.165, 1.54) is 0 Å². The maximum atomic E-state index is 12.0. The Morgan fingerprint density at radius 2 is 2.26 bits per heavy atom. The molecule has 0 saturated carbocycles. The fourth-order valence-electron chi connectivity index (χ4n) is 2.20. The Labute approximate surface area is 115 Å². The number of rotatable bonds is 4. The first-order valence-corrected chi connectivity index (χ1v) is 6.91. The summed E-state index contributed by atoms with van der Waals surface area (Å²) in [4.78, 5) is 14.0. The van der Waals surface area contributed by atoms with Crippen LogP contribution < -0.4 is 5.32 Å². The molecule has 0 spiro atoms. The second kappa shape index (κ2) is 6.36. The number of nitrogens with zero attached hydrogens (tertiary/aromatic N) is 2. The van der Waals surface area contributed by atoms with Crippen molar-refractivity contribution in [2.24, 2.45) is 11.8 Å². The van der Waals surface area contributed by atoms with Gasteiger partial charge >= 0.3 is 0 Å². The van der Waals surface area contributed by atoms with Gasteiger partial charge in [-0.2, -0.15) is 5.26 Å². The lowest BCUT2D eigenvalue weighted by molar-refractivity contribution is -0.124. The van der Waals surface area contributed by atoms with Crippen LogP contribution in [0.3, 0.4) is 0 Å². The van der Waals surface area contributed by atoms with Gasteiger partial charge in [0.25, 0.3) is 0 Å². The Balaban J connectivity index is 2.50. The molecule has 1 saturated heterocycles. The molecule has 3 atom stereocenters. The zero-order chi connectivity index (χ0) is 14.6. The molecule has 1 rings (SSSR count). The van der Waals surface area contributed by atoms with Crippen molar-refractivity contribution >= 4 is 5.91 Å². The molecule has 3 unspecified atom stereocenters. The van der Waals surface area contributed by atoms with Gasteiger partial charge in [-0.15, -0.1) is 0 Å². The third kappa shape index (κ3) is 4.19. The van der Waals surface area contributed by atoms with Crippen LogP contribution in [0.15, 0.2) is 0 Å². The highest BCUT2D eigenvalue weighted by Gasteiger charge is 2.31. The molecule has 5 heteroatoms. The van der Waals surface area contributed by atoms with E-state index in [1.54, 1.807) is 6.92 Å². The minimum atomic E-state index is -0.821. The molecule has 19 heavy (non-hydrogen) atoms. The van der Waals surface area contributed by atoms with Gasteiger partial charge in [-0.05, 0) is 25.2 Å². The Kier molecular flexibility index (Phi) is 5.33. The molecule has 0 bridgehead atoms. The smallest absolute Gasteiger partial charge is 0.235 e. The minimum absolute atomic E-state index is 0.0588. The SMILES string of the molecule is CC1CN(CC(=O)NC(C)(C#N)C(C)C)CCC1O. The van der Waals surface area contributed by atoms with Crippen molar-refractivity contribution in [3.8, 4) is 6.07 Å². The third-order valence-corrected chi connectivity index (χ3v) is 4.10. The van der Waals surface area contributed by atoms with Crippen molar-refractivity contribution in [2.45, 2.75) is 45.8 Å². The molecule has 0 aliphatic carbocycles. The number of nitrogens with one attached hydrogen (secondary N) is 1. The molecule has 1 aliphatic rings. The number of carbonyl (C=O) groups is 1. The molecule has 0 aromatic carbocycles. The molecule has 5 nitrogen and oxygen atoms in total. The fraction of sp³-hybridized carbons (Fsp3) is 0.857. The summed E-state index contributed by atoms with van der Waals surface area (Å²) in [5, 5.41) is 21.6. The number of likely N-dealkylation sites (tertiary alicyclic amines) is 1. The second-order valence-electron chi connectivity index (χ2n) is 6.09. The Morgan fingerprint density at radius 1 is 1.63 bits per heavy atom. The van der Waals surface area contributed by atoms with E-state index in [2.05, 4.69) is 11.4 Å². The highest BCUT2D eigenvalue weighted by Crippen LogP contribution is 2.17. The molecule has 1 heterocycles. The van der Waals surface area contributed by atoms with Crippen LogP contribution in [0, 0.1) is 23.2 Å². The molecule has 0 aromatic heterocycles. The molecule has 108 valence electrons. The van der Waals surface area contributed by atoms with Crippen molar-refractivity contribution in [2.75, 3.05) is 19.6 Å². The van der Waals surface area contributed by atoms with Crippen LogP contribution in [0.5, 0.6) is 0 Å². The lowest BCUT2D eigenvalue weighted by atomic mass is 9.90.